The van der Waals surface area contributed by atoms with Crippen molar-refractivity contribution in [1.29, 1.82) is 0 Å². The predicted octanol–water partition coefficient (Wildman–Crippen LogP) is 2.44. The first-order valence-corrected chi connectivity index (χ1v) is 12.3. The zero-order valence-electron chi connectivity index (χ0n) is 20.5. The van der Waals surface area contributed by atoms with Gasteiger partial charge in [-0.05, 0) is 56.7 Å². The molecule has 1 aliphatic heterocycles. The van der Waals surface area contributed by atoms with Crippen LogP contribution in [0.2, 0.25) is 0 Å². The van der Waals surface area contributed by atoms with Gasteiger partial charge in [0.2, 0.25) is 5.91 Å². The van der Waals surface area contributed by atoms with E-state index in [1.165, 1.54) is 19.2 Å². The summed E-state index contributed by atoms with van der Waals surface area (Å²) in [6.45, 7) is 3.02. The molecule has 3 N–H and O–H groups in total. The van der Waals surface area contributed by atoms with Gasteiger partial charge in [0.05, 0.1) is 24.8 Å². The van der Waals surface area contributed by atoms with Crippen LogP contribution >= 0.6 is 0 Å². The van der Waals surface area contributed by atoms with Crippen molar-refractivity contribution in [2.75, 3.05) is 33.4 Å². The topological polar surface area (TPSA) is 130 Å². The molecule has 3 heterocycles. The number of methoxy groups -OCH3 is 1. The Morgan fingerprint density at radius 3 is 2.67 bits per heavy atom. The van der Waals surface area contributed by atoms with E-state index in [1.54, 1.807) is 12.0 Å². The molecule has 36 heavy (non-hydrogen) atoms. The van der Waals surface area contributed by atoms with E-state index in [2.05, 4.69) is 20.3 Å². The number of piperidine rings is 1. The number of ether oxygens (including phenoxy) is 2. The summed E-state index contributed by atoms with van der Waals surface area (Å²) < 4.78 is 11.6. The van der Waals surface area contributed by atoms with Gasteiger partial charge in [-0.2, -0.15) is 0 Å². The van der Waals surface area contributed by atoms with Crippen LogP contribution in [0.3, 0.4) is 0 Å². The Bertz CT molecular complexity index is 1280. The minimum absolute atomic E-state index is 0.0632. The fourth-order valence-electron chi connectivity index (χ4n) is 4.67. The lowest BCUT2D eigenvalue weighted by atomic mass is 10.0. The van der Waals surface area contributed by atoms with Gasteiger partial charge in [0, 0.05) is 30.4 Å². The Kier molecular flexibility index (Phi) is 6.77. The highest BCUT2D eigenvalue weighted by molar-refractivity contribution is 6.09. The number of hydrogen-bond acceptors (Lipinski definition) is 7. The molecule has 2 fully saturated rings. The van der Waals surface area contributed by atoms with Crippen molar-refractivity contribution in [3.8, 4) is 22.8 Å². The summed E-state index contributed by atoms with van der Waals surface area (Å²) in [6.07, 6.45) is 5.10. The van der Waals surface area contributed by atoms with Crippen molar-refractivity contribution >= 4 is 22.8 Å². The van der Waals surface area contributed by atoms with Crippen molar-refractivity contribution in [3.63, 3.8) is 0 Å². The van der Waals surface area contributed by atoms with Crippen molar-refractivity contribution in [2.24, 2.45) is 5.92 Å². The number of aliphatic hydroxyl groups excluding tert-OH is 1. The van der Waals surface area contributed by atoms with E-state index in [9.17, 15) is 9.59 Å². The highest BCUT2D eigenvalue weighted by Crippen LogP contribution is 2.38. The summed E-state index contributed by atoms with van der Waals surface area (Å²) in [7, 11) is 1.62. The quantitative estimate of drug-likeness (QED) is 0.439. The van der Waals surface area contributed by atoms with Crippen LogP contribution in [0.25, 0.3) is 22.3 Å². The molecule has 10 nitrogen and oxygen atoms in total. The molecule has 0 radical (unpaired) electrons. The molecule has 10 heteroatoms. The summed E-state index contributed by atoms with van der Waals surface area (Å²) in [5, 5.41) is 12.2. The number of nitrogens with one attached hydrogen (secondary N) is 2. The number of likely N-dealkylation sites (tertiary alicyclic amines) is 1. The second-order valence-electron chi connectivity index (χ2n) is 9.47. The Hall–Kier alpha value is -3.66. The van der Waals surface area contributed by atoms with Crippen LogP contribution in [0.4, 0.5) is 0 Å². The lowest BCUT2D eigenvalue weighted by molar-refractivity contribution is -0.135. The second-order valence-corrected chi connectivity index (χ2v) is 9.47. The molecule has 1 aromatic carbocycles. The first-order valence-electron chi connectivity index (χ1n) is 12.3. The van der Waals surface area contributed by atoms with Crippen LogP contribution in [0.15, 0.2) is 24.5 Å². The molecule has 0 unspecified atom stereocenters. The van der Waals surface area contributed by atoms with Gasteiger partial charge >= 0.3 is 0 Å². The molecule has 2 aromatic heterocycles. The maximum absolute atomic E-state index is 13.3. The molecule has 0 atom stereocenters. The molecule has 0 bridgehead atoms. The average molecular weight is 494 g/mol. The number of aliphatic hydroxyl groups is 1. The predicted molar refractivity (Wildman–Crippen MR) is 133 cm³/mol. The fourth-order valence-corrected chi connectivity index (χ4v) is 4.67. The highest BCUT2D eigenvalue weighted by Gasteiger charge is 2.27. The first kappa shape index (κ1) is 24.1. The van der Waals surface area contributed by atoms with Crippen LogP contribution < -0.4 is 14.8 Å². The smallest absolute Gasteiger partial charge is 0.255 e. The molecule has 1 saturated heterocycles. The summed E-state index contributed by atoms with van der Waals surface area (Å²) in [6, 6.07) is 5.58. The molecule has 1 aliphatic carbocycles. The standard InChI is InChI=1S/C26H31N5O5/c1-15-22(26(34)30-17-7-9-31(10-8-17)21(33)12-32)24-25(29-15)23(27-14-28-24)19-11-18(35-2)5-6-20(19)36-13-16-3-4-16/h5-6,11,14,16-17,29,32H,3-4,7-10,12-13H2,1-2H3,(H,30,34). The number of H-pyrrole nitrogens is 1. The highest BCUT2D eigenvalue weighted by atomic mass is 16.5. The molecule has 2 amide bonds. The van der Waals surface area contributed by atoms with Crippen LogP contribution in [-0.4, -0.2) is 76.2 Å². The number of carbonyl (C=O) groups excluding carboxylic acids is 2. The van der Waals surface area contributed by atoms with Gasteiger partial charge in [0.25, 0.3) is 5.91 Å². The molecule has 2 aliphatic rings. The van der Waals surface area contributed by atoms with Gasteiger partial charge < -0.3 is 29.8 Å². The van der Waals surface area contributed by atoms with Crippen LogP contribution in [0, 0.1) is 12.8 Å². The molecule has 190 valence electrons. The summed E-state index contributed by atoms with van der Waals surface area (Å²) in [4.78, 5) is 39.0. The third kappa shape index (κ3) is 4.86. The summed E-state index contributed by atoms with van der Waals surface area (Å²) in [5.74, 6) is 1.50. The maximum atomic E-state index is 13.3. The molecular formula is C26H31N5O5. The van der Waals surface area contributed by atoms with E-state index in [1.807, 2.05) is 25.1 Å². The third-order valence-electron chi connectivity index (χ3n) is 6.93. The number of carbonyl (C=O) groups is 2. The van der Waals surface area contributed by atoms with E-state index < -0.39 is 6.61 Å². The number of fused-ring (bicyclic) bond motifs is 1. The number of aromatic amines is 1. The van der Waals surface area contributed by atoms with Gasteiger partial charge in [-0.1, -0.05) is 0 Å². The number of benzene rings is 1. The minimum Gasteiger partial charge on any atom is -0.497 e. The van der Waals surface area contributed by atoms with Crippen molar-refractivity contribution < 1.29 is 24.2 Å². The van der Waals surface area contributed by atoms with Crippen LogP contribution in [0.1, 0.15) is 41.7 Å². The number of nitrogens with zero attached hydrogens (tertiary/aromatic N) is 3. The zero-order chi connectivity index (χ0) is 25.2. The first-order chi connectivity index (χ1) is 17.5. The van der Waals surface area contributed by atoms with Gasteiger partial charge in [-0.3, -0.25) is 9.59 Å². The number of aromatic nitrogens is 3. The minimum atomic E-state index is -0.492. The Morgan fingerprint density at radius 2 is 1.97 bits per heavy atom. The maximum Gasteiger partial charge on any atom is 0.255 e. The van der Waals surface area contributed by atoms with Gasteiger partial charge in [-0.25, -0.2) is 9.97 Å². The summed E-state index contributed by atoms with van der Waals surface area (Å²) >= 11 is 0. The molecular weight excluding hydrogens is 462 g/mol. The van der Waals surface area contributed by atoms with Crippen LogP contribution in [-0.2, 0) is 4.79 Å². The molecule has 3 aromatic rings. The van der Waals surface area contributed by atoms with E-state index in [0.29, 0.717) is 77.9 Å². The van der Waals surface area contributed by atoms with E-state index >= 15 is 0 Å². The average Bonchev–Trinajstić information content (AvgIpc) is 3.66. The zero-order valence-corrected chi connectivity index (χ0v) is 20.5. The fraction of sp³-hybridized carbons (Fsp3) is 0.462. The Labute approximate surface area is 209 Å². The van der Waals surface area contributed by atoms with E-state index in [-0.39, 0.29) is 17.9 Å². The number of hydrogen-bond donors (Lipinski definition) is 3. The Balaban J connectivity index is 1.42. The number of amides is 2. The molecule has 0 spiro atoms. The number of aryl methyl sites for hydroxylation is 1. The largest absolute Gasteiger partial charge is 0.497 e. The van der Waals surface area contributed by atoms with Crippen LogP contribution in [0.5, 0.6) is 11.5 Å². The monoisotopic (exact) mass is 493 g/mol. The van der Waals surface area contributed by atoms with Crippen molar-refractivity contribution in [2.45, 2.75) is 38.6 Å². The second kappa shape index (κ2) is 10.1. The lowest BCUT2D eigenvalue weighted by Gasteiger charge is -2.32. The van der Waals surface area contributed by atoms with E-state index in [0.717, 1.165) is 5.56 Å². The van der Waals surface area contributed by atoms with Gasteiger partial charge in [0.1, 0.15) is 35.6 Å². The SMILES string of the molecule is COc1ccc(OCC2CC2)c(-c2ncnc3c(C(=O)NC4CCN(C(=O)CO)CC4)c(C)[nH]c23)c1. The lowest BCUT2D eigenvalue weighted by Crippen LogP contribution is -2.47. The van der Waals surface area contributed by atoms with Gasteiger partial charge in [0.15, 0.2) is 0 Å². The normalized spacial score (nSPS) is 16.2. The summed E-state index contributed by atoms with van der Waals surface area (Å²) in [5.41, 5.74) is 3.79. The van der Waals surface area contributed by atoms with E-state index in [4.69, 9.17) is 14.6 Å². The molecule has 5 rings (SSSR count). The van der Waals surface area contributed by atoms with Crippen molar-refractivity contribution in [3.05, 3.63) is 35.8 Å². The molecule has 1 saturated carbocycles. The van der Waals surface area contributed by atoms with Crippen molar-refractivity contribution in [1.82, 2.24) is 25.2 Å². The Morgan fingerprint density at radius 1 is 1.19 bits per heavy atom. The third-order valence-corrected chi connectivity index (χ3v) is 6.93. The van der Waals surface area contributed by atoms with Gasteiger partial charge in [-0.15, -0.1) is 0 Å². The number of rotatable bonds is 8.